The molecule has 0 radical (unpaired) electrons. The highest BCUT2D eigenvalue weighted by atomic mass is 16.4. The van der Waals surface area contributed by atoms with Crippen molar-refractivity contribution < 1.29 is 34.2 Å². The number of imidazole rings is 1. The van der Waals surface area contributed by atoms with E-state index in [-0.39, 0.29) is 19.3 Å². The molecule has 7 N–H and O–H groups in total. The van der Waals surface area contributed by atoms with Crippen LogP contribution in [0.25, 0.3) is 0 Å². The van der Waals surface area contributed by atoms with Gasteiger partial charge in [0.25, 0.3) is 0 Å². The molecule has 3 atom stereocenters. The zero-order chi connectivity index (χ0) is 23.0. The first kappa shape index (κ1) is 23.8. The lowest BCUT2D eigenvalue weighted by atomic mass is 10.1. The van der Waals surface area contributed by atoms with E-state index in [9.17, 15) is 29.1 Å². The molecule has 13 nitrogen and oxygen atoms in total. The van der Waals surface area contributed by atoms with Crippen LogP contribution in [0.15, 0.2) is 12.5 Å². The molecule has 2 heterocycles. The molecule has 1 aliphatic heterocycles. The fraction of sp³-hybridized carbons (Fsp3) is 0.556. The minimum atomic E-state index is -1.13. The van der Waals surface area contributed by atoms with Crippen LogP contribution in [0, 0.1) is 0 Å². The summed E-state index contributed by atoms with van der Waals surface area (Å²) in [5.41, 5.74) is 6.23. The summed E-state index contributed by atoms with van der Waals surface area (Å²) in [4.78, 5) is 67.0. The fourth-order valence-electron chi connectivity index (χ4n) is 3.22. The molecule has 1 saturated heterocycles. The highest BCUT2D eigenvalue weighted by molar-refractivity contribution is 5.93. The Balaban J connectivity index is 1.97. The van der Waals surface area contributed by atoms with Gasteiger partial charge in [-0.3, -0.25) is 19.2 Å². The van der Waals surface area contributed by atoms with Gasteiger partial charge in [-0.15, -0.1) is 0 Å². The van der Waals surface area contributed by atoms with Crippen molar-refractivity contribution >= 4 is 29.7 Å². The monoisotopic (exact) mass is 438 g/mol. The molecule has 170 valence electrons. The van der Waals surface area contributed by atoms with Crippen LogP contribution in [0.2, 0.25) is 0 Å². The summed E-state index contributed by atoms with van der Waals surface area (Å²) in [6, 6.07) is -3.15. The first-order valence-electron chi connectivity index (χ1n) is 9.74. The van der Waals surface area contributed by atoms with E-state index in [1.807, 2.05) is 0 Å². The third-order valence-corrected chi connectivity index (χ3v) is 4.89. The lowest BCUT2D eigenvalue weighted by Gasteiger charge is -2.23. The van der Waals surface area contributed by atoms with E-state index < -0.39 is 54.3 Å². The van der Waals surface area contributed by atoms with Crippen molar-refractivity contribution in [3.8, 4) is 0 Å². The molecule has 1 aromatic heterocycles. The molecule has 0 bridgehead atoms. The lowest BCUT2D eigenvalue weighted by molar-refractivity contribution is -0.148. The average molecular weight is 438 g/mol. The van der Waals surface area contributed by atoms with Gasteiger partial charge in [-0.25, -0.2) is 9.78 Å². The lowest BCUT2D eigenvalue weighted by Crippen LogP contribution is -2.54. The highest BCUT2D eigenvalue weighted by Crippen LogP contribution is 2.17. The van der Waals surface area contributed by atoms with E-state index in [4.69, 9.17) is 10.8 Å². The zero-order valence-electron chi connectivity index (χ0n) is 16.7. The van der Waals surface area contributed by atoms with Crippen LogP contribution >= 0.6 is 0 Å². The van der Waals surface area contributed by atoms with Gasteiger partial charge in [-0.05, 0) is 19.3 Å². The number of likely N-dealkylation sites (tertiary alicyclic amines) is 1. The molecule has 0 aliphatic carbocycles. The van der Waals surface area contributed by atoms with Crippen LogP contribution in [0.4, 0.5) is 0 Å². The van der Waals surface area contributed by atoms with Gasteiger partial charge in [0.2, 0.25) is 17.7 Å². The molecule has 1 fully saturated rings. The van der Waals surface area contributed by atoms with Gasteiger partial charge < -0.3 is 36.5 Å². The van der Waals surface area contributed by atoms with E-state index in [0.29, 0.717) is 25.1 Å². The second-order valence-corrected chi connectivity index (χ2v) is 7.18. The quantitative estimate of drug-likeness (QED) is 0.222. The smallest absolute Gasteiger partial charge is 0.326 e. The van der Waals surface area contributed by atoms with Crippen molar-refractivity contribution in [2.45, 2.75) is 50.2 Å². The molecule has 13 heteroatoms. The maximum atomic E-state index is 12.6. The van der Waals surface area contributed by atoms with E-state index in [1.54, 1.807) is 0 Å². The summed E-state index contributed by atoms with van der Waals surface area (Å²) in [6.45, 7) is -0.137. The van der Waals surface area contributed by atoms with Crippen LogP contribution in [0.5, 0.6) is 0 Å². The summed E-state index contributed by atoms with van der Waals surface area (Å²) in [6.07, 6.45) is 3.38. The number of aromatic amines is 1. The summed E-state index contributed by atoms with van der Waals surface area (Å²) < 4.78 is 0. The number of aliphatic carboxylic acids is 2. The number of nitrogens with zero attached hydrogens (tertiary/aromatic N) is 2. The van der Waals surface area contributed by atoms with Crippen LogP contribution in [-0.2, 0) is 30.4 Å². The minimum absolute atomic E-state index is 0.0267. The number of carboxylic acid groups (broad SMARTS) is 2. The number of H-pyrrole nitrogens is 1. The molecular weight excluding hydrogens is 412 g/mol. The van der Waals surface area contributed by atoms with Crippen molar-refractivity contribution in [3.63, 3.8) is 0 Å². The number of hydrogen-bond acceptors (Lipinski definition) is 7. The van der Waals surface area contributed by atoms with Crippen molar-refractivity contribution in [2.75, 3.05) is 13.1 Å². The second kappa shape index (κ2) is 11.1. The molecule has 1 aromatic rings. The number of carbonyl (C=O) groups is 5. The largest absolute Gasteiger partial charge is 0.481 e. The summed E-state index contributed by atoms with van der Waals surface area (Å²) in [5.74, 6) is -4.12. The van der Waals surface area contributed by atoms with E-state index in [0.717, 1.165) is 0 Å². The number of rotatable bonds is 11. The van der Waals surface area contributed by atoms with Crippen LogP contribution in [-0.4, -0.2) is 86.0 Å². The maximum absolute atomic E-state index is 12.6. The number of amides is 3. The highest BCUT2D eigenvalue weighted by Gasteiger charge is 2.34. The van der Waals surface area contributed by atoms with Crippen LogP contribution in [0.1, 0.15) is 31.4 Å². The molecule has 0 saturated carbocycles. The van der Waals surface area contributed by atoms with E-state index >= 15 is 0 Å². The average Bonchev–Trinajstić information content (AvgIpc) is 3.41. The van der Waals surface area contributed by atoms with Gasteiger partial charge in [-0.2, -0.15) is 0 Å². The number of nitrogens with one attached hydrogen (secondary N) is 3. The van der Waals surface area contributed by atoms with E-state index in [1.165, 1.54) is 17.4 Å². The van der Waals surface area contributed by atoms with Gasteiger partial charge >= 0.3 is 11.9 Å². The van der Waals surface area contributed by atoms with Gasteiger partial charge in [0.15, 0.2) is 0 Å². The van der Waals surface area contributed by atoms with Crippen LogP contribution < -0.4 is 16.4 Å². The number of nitrogens with two attached hydrogens (primary N) is 1. The van der Waals surface area contributed by atoms with Crippen molar-refractivity contribution in [1.29, 1.82) is 0 Å². The van der Waals surface area contributed by atoms with Crippen molar-refractivity contribution in [3.05, 3.63) is 18.2 Å². The molecule has 0 aromatic carbocycles. The fourth-order valence-corrected chi connectivity index (χ4v) is 3.22. The predicted octanol–water partition coefficient (Wildman–Crippen LogP) is -2.18. The molecular formula is C18H26N6O7. The van der Waals surface area contributed by atoms with Gasteiger partial charge in [0.1, 0.15) is 12.1 Å². The van der Waals surface area contributed by atoms with Crippen molar-refractivity contribution in [2.24, 2.45) is 5.73 Å². The van der Waals surface area contributed by atoms with Gasteiger partial charge in [0.05, 0.1) is 18.9 Å². The first-order chi connectivity index (χ1) is 14.7. The molecule has 31 heavy (non-hydrogen) atoms. The number of hydrogen-bond donors (Lipinski definition) is 6. The minimum Gasteiger partial charge on any atom is -0.481 e. The third kappa shape index (κ3) is 7.06. The molecule has 2 rings (SSSR count). The summed E-state index contributed by atoms with van der Waals surface area (Å²) in [7, 11) is 0. The molecule has 3 amide bonds. The Morgan fingerprint density at radius 1 is 1.26 bits per heavy atom. The Bertz CT molecular complexity index is 812. The Morgan fingerprint density at radius 2 is 2.00 bits per heavy atom. The topological polar surface area (TPSA) is 208 Å². The SMILES string of the molecule is NC(CCC(=O)O)C(=O)NC(Cc1cnc[nH]1)C(=O)NCC(=O)N1CCCC1C(=O)O. The van der Waals surface area contributed by atoms with Crippen molar-refractivity contribution in [1.82, 2.24) is 25.5 Å². The number of carboxylic acids is 2. The standard InChI is InChI=1S/C18H26N6O7/c19-11(3-4-15(26)27)16(28)23-12(6-10-7-20-9-22-10)17(29)21-8-14(25)24-5-1-2-13(24)18(30)31/h7,9,11-13H,1-6,8,19H2,(H,20,22)(H,21,29)(H,23,28)(H,26,27)(H,30,31). The number of aromatic nitrogens is 2. The number of carbonyl (C=O) groups excluding carboxylic acids is 3. The van der Waals surface area contributed by atoms with E-state index in [2.05, 4.69) is 20.6 Å². The van der Waals surface area contributed by atoms with Gasteiger partial charge in [-0.1, -0.05) is 0 Å². The Morgan fingerprint density at radius 3 is 2.61 bits per heavy atom. The first-order valence-corrected chi connectivity index (χ1v) is 9.74. The second-order valence-electron chi connectivity index (χ2n) is 7.18. The molecule has 0 spiro atoms. The Hall–Kier alpha value is -3.48. The van der Waals surface area contributed by atoms with Gasteiger partial charge in [0, 0.05) is 31.3 Å². The molecule has 1 aliphatic rings. The van der Waals surface area contributed by atoms with Crippen LogP contribution in [0.3, 0.4) is 0 Å². The summed E-state index contributed by atoms with van der Waals surface area (Å²) >= 11 is 0. The Kier molecular flexibility index (Phi) is 8.49. The normalized spacial score (nSPS) is 17.6. The predicted molar refractivity (Wildman–Crippen MR) is 104 cm³/mol. The third-order valence-electron chi connectivity index (χ3n) is 4.89. The molecule has 3 unspecified atom stereocenters. The zero-order valence-corrected chi connectivity index (χ0v) is 16.7. The maximum Gasteiger partial charge on any atom is 0.326 e. The Labute approximate surface area is 177 Å². The summed E-state index contributed by atoms with van der Waals surface area (Å²) in [5, 5.41) is 22.8.